The predicted molar refractivity (Wildman–Crippen MR) is 130 cm³/mol. The predicted octanol–water partition coefficient (Wildman–Crippen LogP) is 5.85. The SMILES string of the molecule is CC1=NC2=C(C(=O)CC(C)(C)C2)[C@@H](c2cccc(I)c2)C1C(=O)OCc1ccccc1. The molecule has 0 saturated carbocycles. The van der Waals surface area contributed by atoms with Gasteiger partial charge in [-0.1, -0.05) is 56.3 Å². The summed E-state index contributed by atoms with van der Waals surface area (Å²) in [4.78, 5) is 31.4. The zero-order valence-corrected chi connectivity index (χ0v) is 20.2. The van der Waals surface area contributed by atoms with E-state index in [2.05, 4.69) is 42.5 Å². The number of hydrogen-bond donors (Lipinski definition) is 0. The molecule has 0 amide bonds. The Hall–Kier alpha value is -2.28. The molecule has 1 unspecified atom stereocenters. The number of benzene rings is 2. The Morgan fingerprint density at radius 1 is 1.13 bits per heavy atom. The number of rotatable bonds is 4. The molecule has 0 spiro atoms. The molecule has 0 aromatic heterocycles. The van der Waals surface area contributed by atoms with Crippen molar-refractivity contribution in [2.75, 3.05) is 0 Å². The highest BCUT2D eigenvalue weighted by atomic mass is 127. The van der Waals surface area contributed by atoms with Crippen LogP contribution in [-0.2, 0) is 20.9 Å². The number of carbonyl (C=O) groups excluding carboxylic acids is 2. The highest BCUT2D eigenvalue weighted by Gasteiger charge is 2.46. The number of Topliss-reactive ketones (excluding diaryl/α,β-unsaturated/α-hetero) is 1. The maximum Gasteiger partial charge on any atom is 0.315 e. The highest BCUT2D eigenvalue weighted by Crippen LogP contribution is 2.48. The van der Waals surface area contributed by atoms with Gasteiger partial charge in [0.1, 0.15) is 12.5 Å². The van der Waals surface area contributed by atoms with Gasteiger partial charge in [0.2, 0.25) is 0 Å². The topological polar surface area (TPSA) is 55.7 Å². The Balaban J connectivity index is 1.73. The first-order valence-corrected chi connectivity index (χ1v) is 11.6. The van der Waals surface area contributed by atoms with E-state index in [9.17, 15) is 9.59 Å². The van der Waals surface area contributed by atoms with E-state index in [1.165, 1.54) is 0 Å². The first-order valence-electron chi connectivity index (χ1n) is 10.5. The first-order chi connectivity index (χ1) is 14.7. The molecule has 1 aliphatic heterocycles. The highest BCUT2D eigenvalue weighted by molar-refractivity contribution is 14.1. The second-order valence-corrected chi connectivity index (χ2v) is 10.4. The molecule has 2 atom stereocenters. The summed E-state index contributed by atoms with van der Waals surface area (Å²) in [6.07, 6.45) is 1.20. The first kappa shape index (κ1) is 21.9. The van der Waals surface area contributed by atoms with Crippen LogP contribution in [0.15, 0.2) is 70.9 Å². The maximum absolute atomic E-state index is 13.3. The minimum atomic E-state index is -0.606. The average Bonchev–Trinajstić information content (AvgIpc) is 2.71. The summed E-state index contributed by atoms with van der Waals surface area (Å²) >= 11 is 2.27. The summed E-state index contributed by atoms with van der Waals surface area (Å²) in [6, 6.07) is 17.7. The van der Waals surface area contributed by atoms with E-state index in [4.69, 9.17) is 9.73 Å². The number of esters is 1. The number of halogens is 1. The Morgan fingerprint density at radius 2 is 1.87 bits per heavy atom. The molecule has 0 saturated heterocycles. The lowest BCUT2D eigenvalue weighted by molar-refractivity contribution is -0.148. The molecule has 2 aromatic rings. The van der Waals surface area contributed by atoms with Crippen LogP contribution < -0.4 is 0 Å². The summed E-state index contributed by atoms with van der Waals surface area (Å²) in [5.41, 5.74) is 4.00. The number of aliphatic imine (C=N–C) groups is 1. The molecule has 0 N–H and O–H groups in total. The number of carbonyl (C=O) groups is 2. The van der Waals surface area contributed by atoms with Crippen LogP contribution in [0, 0.1) is 14.9 Å². The van der Waals surface area contributed by atoms with Crippen molar-refractivity contribution in [2.45, 2.75) is 46.1 Å². The standard InChI is InChI=1S/C26H26INO3/c1-16-22(25(30)31-15-17-8-5-4-6-9-17)23(18-10-7-11-19(27)12-18)24-20(28-16)13-26(2,3)14-21(24)29/h4-12,22-23H,13-15H2,1-3H3/t22?,23-/m0/s1. The molecule has 160 valence electrons. The van der Waals surface area contributed by atoms with Gasteiger partial charge < -0.3 is 4.74 Å². The monoisotopic (exact) mass is 527 g/mol. The second kappa shape index (κ2) is 8.69. The smallest absolute Gasteiger partial charge is 0.315 e. The van der Waals surface area contributed by atoms with Crippen molar-refractivity contribution in [1.82, 2.24) is 0 Å². The van der Waals surface area contributed by atoms with Crippen LogP contribution in [0.1, 0.15) is 50.7 Å². The fourth-order valence-electron chi connectivity index (χ4n) is 4.63. The van der Waals surface area contributed by atoms with E-state index < -0.39 is 5.92 Å². The largest absolute Gasteiger partial charge is 0.460 e. The van der Waals surface area contributed by atoms with Crippen LogP contribution in [0.5, 0.6) is 0 Å². The van der Waals surface area contributed by atoms with Gasteiger partial charge in [-0.15, -0.1) is 0 Å². The summed E-state index contributed by atoms with van der Waals surface area (Å²) in [7, 11) is 0. The van der Waals surface area contributed by atoms with Gasteiger partial charge in [-0.2, -0.15) is 0 Å². The average molecular weight is 527 g/mol. The lowest BCUT2D eigenvalue weighted by atomic mass is 9.67. The van der Waals surface area contributed by atoms with E-state index in [1.807, 2.05) is 55.5 Å². The Labute approximate surface area is 196 Å². The number of nitrogens with zero attached hydrogens (tertiary/aromatic N) is 1. The zero-order chi connectivity index (χ0) is 22.2. The van der Waals surface area contributed by atoms with Crippen molar-refractivity contribution in [2.24, 2.45) is 16.3 Å². The minimum absolute atomic E-state index is 0.0900. The number of allylic oxidation sites excluding steroid dienone is 2. The van der Waals surface area contributed by atoms with Gasteiger partial charge in [0.25, 0.3) is 0 Å². The van der Waals surface area contributed by atoms with Crippen LogP contribution >= 0.6 is 22.6 Å². The number of hydrogen-bond acceptors (Lipinski definition) is 4. The molecule has 4 nitrogen and oxygen atoms in total. The quantitative estimate of drug-likeness (QED) is 0.370. The van der Waals surface area contributed by atoms with Gasteiger partial charge in [0.15, 0.2) is 5.78 Å². The van der Waals surface area contributed by atoms with Crippen molar-refractivity contribution >= 4 is 40.1 Å². The van der Waals surface area contributed by atoms with Crippen LogP contribution in [-0.4, -0.2) is 17.5 Å². The van der Waals surface area contributed by atoms with Crippen molar-refractivity contribution in [3.8, 4) is 0 Å². The molecule has 0 fully saturated rings. The molecule has 4 rings (SSSR count). The second-order valence-electron chi connectivity index (χ2n) is 9.16. The third-order valence-electron chi connectivity index (χ3n) is 5.99. The van der Waals surface area contributed by atoms with Crippen LogP contribution in [0.4, 0.5) is 0 Å². The molecule has 31 heavy (non-hydrogen) atoms. The fraction of sp³-hybridized carbons (Fsp3) is 0.346. The van der Waals surface area contributed by atoms with Crippen molar-refractivity contribution in [1.29, 1.82) is 0 Å². The van der Waals surface area contributed by atoms with Crippen molar-refractivity contribution in [3.05, 3.63) is 80.6 Å². The normalized spacial score (nSPS) is 22.6. The van der Waals surface area contributed by atoms with E-state index in [0.29, 0.717) is 17.7 Å². The molecular formula is C26H26INO3. The van der Waals surface area contributed by atoms with Gasteiger partial charge in [-0.25, -0.2) is 0 Å². The number of ether oxygens (including phenoxy) is 1. The Morgan fingerprint density at radius 3 is 2.58 bits per heavy atom. The van der Waals surface area contributed by atoms with Crippen LogP contribution in [0.3, 0.4) is 0 Å². The zero-order valence-electron chi connectivity index (χ0n) is 18.0. The fourth-order valence-corrected chi connectivity index (χ4v) is 5.20. The third-order valence-corrected chi connectivity index (χ3v) is 6.66. The van der Waals surface area contributed by atoms with Gasteiger partial charge in [-0.05, 0) is 64.6 Å². The lowest BCUT2D eigenvalue weighted by Crippen LogP contribution is -2.39. The van der Waals surface area contributed by atoms with Gasteiger partial charge in [-0.3, -0.25) is 14.6 Å². The van der Waals surface area contributed by atoms with E-state index in [1.54, 1.807) is 0 Å². The van der Waals surface area contributed by atoms with Gasteiger partial charge in [0.05, 0.1) is 0 Å². The molecule has 0 radical (unpaired) electrons. The lowest BCUT2D eigenvalue weighted by Gasteiger charge is -2.39. The summed E-state index contributed by atoms with van der Waals surface area (Å²) in [5.74, 6) is -1.22. The van der Waals surface area contributed by atoms with Gasteiger partial charge in [0, 0.05) is 32.9 Å². The Bertz CT molecular complexity index is 1080. The summed E-state index contributed by atoms with van der Waals surface area (Å²) < 4.78 is 6.79. The molecule has 0 bridgehead atoms. The number of ketones is 1. The van der Waals surface area contributed by atoms with E-state index in [-0.39, 0.29) is 29.7 Å². The minimum Gasteiger partial charge on any atom is -0.460 e. The van der Waals surface area contributed by atoms with Crippen LogP contribution in [0.25, 0.3) is 0 Å². The van der Waals surface area contributed by atoms with Crippen molar-refractivity contribution in [3.63, 3.8) is 0 Å². The summed E-state index contributed by atoms with van der Waals surface area (Å²) in [5, 5.41) is 0. The molecule has 2 aromatic carbocycles. The van der Waals surface area contributed by atoms with Crippen LogP contribution in [0.2, 0.25) is 0 Å². The molecule has 1 heterocycles. The maximum atomic E-state index is 13.3. The van der Waals surface area contributed by atoms with E-state index in [0.717, 1.165) is 26.8 Å². The Kier molecular flexibility index (Phi) is 6.15. The molecule has 5 heteroatoms. The van der Waals surface area contributed by atoms with Gasteiger partial charge >= 0.3 is 5.97 Å². The third kappa shape index (κ3) is 4.66. The molecule has 1 aliphatic carbocycles. The summed E-state index contributed by atoms with van der Waals surface area (Å²) in [6.45, 7) is 6.28. The van der Waals surface area contributed by atoms with Crippen molar-refractivity contribution < 1.29 is 14.3 Å². The molecule has 2 aliphatic rings. The van der Waals surface area contributed by atoms with E-state index >= 15 is 0 Å². The molecular weight excluding hydrogens is 501 g/mol.